The highest BCUT2D eigenvalue weighted by Gasteiger charge is 2.23. The standard InChI is InChI=1S/C10H16O3/c1-7(2)4-9(11)5-10-12-6-8(3)13-10/h4,8,10H,5-6H2,1-3H3/t8-,10+/m1/s1. The number of ether oxygens (including phenoxy) is 2. The first kappa shape index (κ1) is 10.4. The Balaban J connectivity index is 2.33. The maximum atomic E-state index is 11.3. The number of allylic oxidation sites excluding steroid dienone is 2. The van der Waals surface area contributed by atoms with E-state index in [-0.39, 0.29) is 18.2 Å². The molecule has 1 saturated heterocycles. The fourth-order valence-corrected chi connectivity index (χ4v) is 1.23. The Morgan fingerprint density at radius 1 is 1.54 bits per heavy atom. The SMILES string of the molecule is CC(C)=CC(=O)C[C@H]1OC[C@@H](C)O1. The second-order valence-corrected chi connectivity index (χ2v) is 3.60. The van der Waals surface area contributed by atoms with Crippen LogP contribution in [0.25, 0.3) is 0 Å². The van der Waals surface area contributed by atoms with Crippen LogP contribution in [0.15, 0.2) is 11.6 Å². The summed E-state index contributed by atoms with van der Waals surface area (Å²) in [6, 6.07) is 0. The Hall–Kier alpha value is -0.670. The van der Waals surface area contributed by atoms with Crippen LogP contribution in [0.1, 0.15) is 27.2 Å². The number of carbonyl (C=O) groups excluding carboxylic acids is 1. The van der Waals surface area contributed by atoms with E-state index in [2.05, 4.69) is 0 Å². The van der Waals surface area contributed by atoms with Gasteiger partial charge in [0.1, 0.15) is 0 Å². The van der Waals surface area contributed by atoms with Gasteiger partial charge >= 0.3 is 0 Å². The van der Waals surface area contributed by atoms with E-state index < -0.39 is 0 Å². The average molecular weight is 184 g/mol. The first-order valence-electron chi connectivity index (χ1n) is 4.52. The molecule has 0 saturated carbocycles. The number of hydrogen-bond donors (Lipinski definition) is 0. The molecule has 0 radical (unpaired) electrons. The third kappa shape index (κ3) is 3.70. The van der Waals surface area contributed by atoms with Crippen molar-refractivity contribution in [3.63, 3.8) is 0 Å². The Morgan fingerprint density at radius 2 is 2.23 bits per heavy atom. The van der Waals surface area contributed by atoms with E-state index in [1.807, 2.05) is 20.8 Å². The monoisotopic (exact) mass is 184 g/mol. The van der Waals surface area contributed by atoms with E-state index in [9.17, 15) is 4.79 Å². The first-order chi connectivity index (χ1) is 6.08. The number of rotatable bonds is 3. The predicted molar refractivity (Wildman–Crippen MR) is 49.3 cm³/mol. The topological polar surface area (TPSA) is 35.5 Å². The molecule has 0 amide bonds. The minimum Gasteiger partial charge on any atom is -0.349 e. The second kappa shape index (κ2) is 4.53. The number of hydrogen-bond acceptors (Lipinski definition) is 3. The van der Waals surface area contributed by atoms with Gasteiger partial charge in [0.15, 0.2) is 12.1 Å². The normalized spacial score (nSPS) is 27.3. The second-order valence-electron chi connectivity index (χ2n) is 3.60. The Bertz CT molecular complexity index is 216. The third-order valence-corrected chi connectivity index (χ3v) is 1.72. The van der Waals surface area contributed by atoms with Gasteiger partial charge in [-0.3, -0.25) is 4.79 Å². The molecule has 1 heterocycles. The van der Waals surface area contributed by atoms with Crippen molar-refractivity contribution >= 4 is 5.78 Å². The van der Waals surface area contributed by atoms with Gasteiger partial charge in [0.05, 0.1) is 19.1 Å². The smallest absolute Gasteiger partial charge is 0.165 e. The van der Waals surface area contributed by atoms with E-state index in [1.54, 1.807) is 6.08 Å². The van der Waals surface area contributed by atoms with E-state index in [4.69, 9.17) is 9.47 Å². The molecule has 1 aliphatic rings. The summed E-state index contributed by atoms with van der Waals surface area (Å²) >= 11 is 0. The van der Waals surface area contributed by atoms with Gasteiger partial charge in [-0.25, -0.2) is 0 Å². The summed E-state index contributed by atoms with van der Waals surface area (Å²) < 4.78 is 10.6. The molecular formula is C10H16O3. The van der Waals surface area contributed by atoms with Crippen LogP contribution >= 0.6 is 0 Å². The van der Waals surface area contributed by atoms with Gasteiger partial charge in [-0.1, -0.05) is 5.57 Å². The Labute approximate surface area is 78.7 Å². The van der Waals surface area contributed by atoms with Gasteiger partial charge in [0.25, 0.3) is 0 Å². The van der Waals surface area contributed by atoms with Gasteiger partial charge < -0.3 is 9.47 Å². The molecule has 13 heavy (non-hydrogen) atoms. The molecule has 2 atom stereocenters. The van der Waals surface area contributed by atoms with Gasteiger partial charge in [0, 0.05) is 0 Å². The lowest BCUT2D eigenvalue weighted by molar-refractivity contribution is -0.124. The highest BCUT2D eigenvalue weighted by Crippen LogP contribution is 2.14. The summed E-state index contributed by atoms with van der Waals surface area (Å²) in [5.74, 6) is 0.0686. The number of ketones is 1. The summed E-state index contributed by atoms with van der Waals surface area (Å²) in [4.78, 5) is 11.3. The molecular weight excluding hydrogens is 168 g/mol. The lowest BCUT2D eigenvalue weighted by atomic mass is 10.2. The van der Waals surface area contributed by atoms with Crippen LogP contribution in [0.3, 0.4) is 0 Å². The fraction of sp³-hybridized carbons (Fsp3) is 0.700. The third-order valence-electron chi connectivity index (χ3n) is 1.72. The largest absolute Gasteiger partial charge is 0.349 e. The minimum atomic E-state index is -0.335. The Kier molecular flexibility index (Phi) is 3.63. The molecule has 0 bridgehead atoms. The summed E-state index contributed by atoms with van der Waals surface area (Å²) in [6.45, 7) is 6.33. The molecule has 74 valence electrons. The van der Waals surface area contributed by atoms with Crippen molar-refractivity contribution in [3.05, 3.63) is 11.6 Å². The maximum Gasteiger partial charge on any atom is 0.165 e. The lowest BCUT2D eigenvalue weighted by Gasteiger charge is -2.06. The molecule has 3 heteroatoms. The van der Waals surface area contributed by atoms with Crippen molar-refractivity contribution in [2.24, 2.45) is 0 Å². The van der Waals surface area contributed by atoms with Gasteiger partial charge in [-0.15, -0.1) is 0 Å². The van der Waals surface area contributed by atoms with E-state index in [0.717, 1.165) is 5.57 Å². The van der Waals surface area contributed by atoms with Crippen molar-refractivity contribution in [3.8, 4) is 0 Å². The first-order valence-corrected chi connectivity index (χ1v) is 4.52. The summed E-state index contributed by atoms with van der Waals surface area (Å²) in [7, 11) is 0. The summed E-state index contributed by atoms with van der Waals surface area (Å²) in [5.41, 5.74) is 1.01. The van der Waals surface area contributed by atoms with E-state index in [0.29, 0.717) is 13.0 Å². The molecule has 0 aromatic carbocycles. The molecule has 0 aromatic rings. The fourth-order valence-electron chi connectivity index (χ4n) is 1.23. The highest BCUT2D eigenvalue weighted by atomic mass is 16.7. The minimum absolute atomic E-state index is 0.0686. The molecule has 1 rings (SSSR count). The predicted octanol–water partition coefficient (Wildman–Crippen LogP) is 1.67. The zero-order valence-corrected chi connectivity index (χ0v) is 8.37. The van der Waals surface area contributed by atoms with Gasteiger partial charge in [-0.2, -0.15) is 0 Å². The lowest BCUT2D eigenvalue weighted by Crippen LogP contribution is -2.14. The zero-order chi connectivity index (χ0) is 9.84. The maximum absolute atomic E-state index is 11.3. The van der Waals surface area contributed by atoms with Crippen molar-refractivity contribution in [2.75, 3.05) is 6.61 Å². The van der Waals surface area contributed by atoms with Crippen LogP contribution in [-0.4, -0.2) is 24.8 Å². The van der Waals surface area contributed by atoms with Crippen LogP contribution in [-0.2, 0) is 14.3 Å². The molecule has 1 aliphatic heterocycles. The van der Waals surface area contributed by atoms with Crippen molar-refractivity contribution < 1.29 is 14.3 Å². The molecule has 0 aromatic heterocycles. The van der Waals surface area contributed by atoms with Crippen molar-refractivity contribution in [1.29, 1.82) is 0 Å². The summed E-state index contributed by atoms with van der Waals surface area (Å²) in [6.07, 6.45) is 1.73. The molecule has 0 aliphatic carbocycles. The van der Waals surface area contributed by atoms with Crippen molar-refractivity contribution in [1.82, 2.24) is 0 Å². The zero-order valence-electron chi connectivity index (χ0n) is 8.37. The van der Waals surface area contributed by atoms with Crippen LogP contribution in [0.2, 0.25) is 0 Å². The van der Waals surface area contributed by atoms with Crippen LogP contribution < -0.4 is 0 Å². The van der Waals surface area contributed by atoms with E-state index >= 15 is 0 Å². The van der Waals surface area contributed by atoms with Crippen LogP contribution in [0.5, 0.6) is 0 Å². The number of carbonyl (C=O) groups is 1. The van der Waals surface area contributed by atoms with Crippen LogP contribution in [0, 0.1) is 0 Å². The van der Waals surface area contributed by atoms with Crippen LogP contribution in [0.4, 0.5) is 0 Å². The molecule has 1 fully saturated rings. The molecule has 0 spiro atoms. The Morgan fingerprint density at radius 3 is 2.69 bits per heavy atom. The van der Waals surface area contributed by atoms with Gasteiger partial charge in [-0.05, 0) is 26.8 Å². The highest BCUT2D eigenvalue weighted by molar-refractivity contribution is 5.90. The quantitative estimate of drug-likeness (QED) is 0.626. The van der Waals surface area contributed by atoms with Gasteiger partial charge in [0.2, 0.25) is 0 Å². The molecule has 3 nitrogen and oxygen atoms in total. The molecule has 0 N–H and O–H groups in total. The van der Waals surface area contributed by atoms with E-state index in [1.165, 1.54) is 0 Å². The summed E-state index contributed by atoms with van der Waals surface area (Å²) in [5, 5.41) is 0. The van der Waals surface area contributed by atoms with Crippen molar-refractivity contribution in [2.45, 2.75) is 39.6 Å². The average Bonchev–Trinajstić information content (AvgIpc) is 2.33. The molecule has 0 unspecified atom stereocenters.